The smallest absolute Gasteiger partial charge is 0.337 e. The van der Waals surface area contributed by atoms with Gasteiger partial charge in [-0.25, -0.2) is 14.0 Å². The van der Waals surface area contributed by atoms with Crippen LogP contribution in [0.2, 0.25) is 0 Å². The fourth-order valence-electron chi connectivity index (χ4n) is 1.04. The molecule has 6 nitrogen and oxygen atoms in total. The van der Waals surface area contributed by atoms with E-state index in [2.05, 4.69) is 10.6 Å². The Kier molecular flexibility index (Phi) is 4.22. The zero-order chi connectivity index (χ0) is 13.8. The first-order chi connectivity index (χ1) is 8.31. The van der Waals surface area contributed by atoms with Gasteiger partial charge in [0.15, 0.2) is 5.60 Å². The predicted molar refractivity (Wildman–Crippen MR) is 61.7 cm³/mol. The van der Waals surface area contributed by atoms with Crippen LogP contribution < -0.4 is 10.6 Å². The highest BCUT2D eigenvalue weighted by atomic mass is 19.1. The first-order valence-electron chi connectivity index (χ1n) is 5.07. The number of carboxylic acid groups (broad SMARTS) is 1. The van der Waals surface area contributed by atoms with E-state index in [1.54, 1.807) is 0 Å². The summed E-state index contributed by atoms with van der Waals surface area (Å²) < 4.78 is 12.6. The Balaban J connectivity index is 2.48. The van der Waals surface area contributed by atoms with Crippen molar-refractivity contribution < 1.29 is 24.2 Å². The van der Waals surface area contributed by atoms with Gasteiger partial charge in [0.05, 0.1) is 6.54 Å². The molecule has 2 amide bonds. The number of carbonyl (C=O) groups excluding carboxylic acids is 1. The molecule has 0 fully saturated rings. The molecule has 0 heterocycles. The number of carboxylic acids is 1. The van der Waals surface area contributed by atoms with Crippen molar-refractivity contribution in [2.24, 2.45) is 0 Å². The highest BCUT2D eigenvalue weighted by Crippen LogP contribution is 2.08. The number of amides is 2. The van der Waals surface area contributed by atoms with Crippen molar-refractivity contribution in [2.75, 3.05) is 11.9 Å². The van der Waals surface area contributed by atoms with E-state index < -0.39 is 30.0 Å². The summed E-state index contributed by atoms with van der Waals surface area (Å²) in [6, 6.07) is 4.35. The Morgan fingerprint density at radius 3 is 2.39 bits per heavy atom. The lowest BCUT2D eigenvalue weighted by molar-refractivity contribution is -0.155. The number of benzene rings is 1. The molecule has 0 spiro atoms. The van der Waals surface area contributed by atoms with E-state index in [1.807, 2.05) is 0 Å². The van der Waals surface area contributed by atoms with E-state index in [1.165, 1.54) is 24.3 Å². The number of halogens is 1. The molecular weight excluding hydrogens is 243 g/mol. The Labute approximate surface area is 102 Å². The highest BCUT2D eigenvalue weighted by molar-refractivity contribution is 5.89. The monoisotopic (exact) mass is 256 g/mol. The Morgan fingerprint density at radius 2 is 1.89 bits per heavy atom. The molecule has 1 rings (SSSR count). The lowest BCUT2D eigenvalue weighted by Crippen LogP contribution is -2.47. The fraction of sp³-hybridized carbons (Fsp3) is 0.273. The lowest BCUT2D eigenvalue weighted by Gasteiger charge is -2.18. The molecular formula is C11H13FN2O4. The summed E-state index contributed by atoms with van der Waals surface area (Å²) >= 11 is 0. The third-order valence-corrected chi connectivity index (χ3v) is 2.16. The summed E-state index contributed by atoms with van der Waals surface area (Å²) in [5, 5.41) is 22.5. The van der Waals surface area contributed by atoms with Gasteiger partial charge >= 0.3 is 12.0 Å². The van der Waals surface area contributed by atoms with Crippen molar-refractivity contribution in [1.82, 2.24) is 5.32 Å². The molecule has 0 aliphatic carbocycles. The van der Waals surface area contributed by atoms with Crippen LogP contribution in [0.5, 0.6) is 0 Å². The largest absolute Gasteiger partial charge is 0.479 e. The Bertz CT molecular complexity index is 445. The van der Waals surface area contributed by atoms with Crippen LogP contribution in [-0.4, -0.2) is 34.4 Å². The van der Waals surface area contributed by atoms with Crippen molar-refractivity contribution in [3.8, 4) is 0 Å². The van der Waals surface area contributed by atoms with Gasteiger partial charge in [-0.3, -0.25) is 0 Å². The molecule has 1 atom stereocenters. The number of hydrogen-bond acceptors (Lipinski definition) is 3. The maximum atomic E-state index is 12.6. The molecule has 0 aliphatic rings. The topological polar surface area (TPSA) is 98.7 Å². The molecule has 1 aromatic rings. The zero-order valence-corrected chi connectivity index (χ0v) is 9.61. The van der Waals surface area contributed by atoms with E-state index in [9.17, 15) is 19.1 Å². The second-order valence-corrected chi connectivity index (χ2v) is 3.89. The number of nitrogens with one attached hydrogen (secondary N) is 2. The van der Waals surface area contributed by atoms with Gasteiger partial charge in [-0.15, -0.1) is 0 Å². The summed E-state index contributed by atoms with van der Waals surface area (Å²) in [6.45, 7) is 0.614. The van der Waals surface area contributed by atoms with Gasteiger partial charge < -0.3 is 20.8 Å². The van der Waals surface area contributed by atoms with Crippen molar-refractivity contribution in [2.45, 2.75) is 12.5 Å². The van der Waals surface area contributed by atoms with E-state index in [4.69, 9.17) is 5.11 Å². The van der Waals surface area contributed by atoms with Gasteiger partial charge in [-0.2, -0.15) is 0 Å². The van der Waals surface area contributed by atoms with Crippen LogP contribution in [0.1, 0.15) is 6.92 Å². The van der Waals surface area contributed by atoms with E-state index >= 15 is 0 Å². The van der Waals surface area contributed by atoms with Crippen molar-refractivity contribution >= 4 is 17.7 Å². The molecule has 0 aromatic heterocycles. The molecule has 1 unspecified atom stereocenters. The Morgan fingerprint density at radius 1 is 1.33 bits per heavy atom. The van der Waals surface area contributed by atoms with Gasteiger partial charge in [-0.05, 0) is 31.2 Å². The van der Waals surface area contributed by atoms with Crippen molar-refractivity contribution in [3.63, 3.8) is 0 Å². The number of aliphatic carboxylic acids is 1. The molecule has 1 aromatic carbocycles. The third-order valence-electron chi connectivity index (χ3n) is 2.16. The van der Waals surface area contributed by atoms with Crippen LogP contribution in [0.15, 0.2) is 24.3 Å². The second-order valence-electron chi connectivity index (χ2n) is 3.89. The second kappa shape index (κ2) is 5.46. The highest BCUT2D eigenvalue weighted by Gasteiger charge is 2.30. The van der Waals surface area contributed by atoms with Crippen LogP contribution in [0.4, 0.5) is 14.9 Å². The first-order valence-corrected chi connectivity index (χ1v) is 5.07. The molecule has 0 saturated carbocycles. The van der Waals surface area contributed by atoms with Crippen molar-refractivity contribution in [3.05, 3.63) is 30.1 Å². The van der Waals surface area contributed by atoms with Crippen LogP contribution in [0, 0.1) is 5.82 Å². The maximum Gasteiger partial charge on any atom is 0.337 e. The average Bonchev–Trinajstić information content (AvgIpc) is 2.29. The van der Waals surface area contributed by atoms with E-state index in [0.717, 1.165) is 6.92 Å². The van der Waals surface area contributed by atoms with Gasteiger partial charge in [0.25, 0.3) is 0 Å². The molecule has 0 bridgehead atoms. The van der Waals surface area contributed by atoms with E-state index in [-0.39, 0.29) is 0 Å². The number of aliphatic hydroxyl groups is 1. The quantitative estimate of drug-likeness (QED) is 0.639. The number of urea groups is 1. The number of rotatable bonds is 4. The normalized spacial score (nSPS) is 13.5. The summed E-state index contributed by atoms with van der Waals surface area (Å²) in [7, 11) is 0. The summed E-state index contributed by atoms with van der Waals surface area (Å²) in [5.74, 6) is -1.88. The van der Waals surface area contributed by atoms with Gasteiger partial charge in [-0.1, -0.05) is 0 Å². The molecule has 7 heteroatoms. The molecule has 0 saturated heterocycles. The summed E-state index contributed by atoms with van der Waals surface area (Å²) in [6.07, 6.45) is 0. The van der Waals surface area contributed by atoms with Crippen LogP contribution in [0.25, 0.3) is 0 Å². The summed E-state index contributed by atoms with van der Waals surface area (Å²) in [5.41, 5.74) is -1.69. The SMILES string of the molecule is CC(O)(CNC(=O)Nc1ccc(F)cc1)C(=O)O. The Hall–Kier alpha value is -2.15. The van der Waals surface area contributed by atoms with Gasteiger partial charge in [0.1, 0.15) is 5.82 Å². The number of carbonyl (C=O) groups is 2. The third kappa shape index (κ3) is 4.02. The minimum atomic E-state index is -2.04. The lowest BCUT2D eigenvalue weighted by atomic mass is 10.1. The molecule has 18 heavy (non-hydrogen) atoms. The molecule has 4 N–H and O–H groups in total. The van der Waals surface area contributed by atoms with Crippen molar-refractivity contribution in [1.29, 1.82) is 0 Å². The van der Waals surface area contributed by atoms with Crippen LogP contribution in [0.3, 0.4) is 0 Å². The standard InChI is InChI=1S/C11H13FN2O4/c1-11(18,9(15)16)6-13-10(17)14-8-4-2-7(12)3-5-8/h2-5,18H,6H2,1H3,(H,15,16)(H2,13,14,17). The minimum Gasteiger partial charge on any atom is -0.479 e. The van der Waals surface area contributed by atoms with Gasteiger partial charge in [0.2, 0.25) is 0 Å². The molecule has 98 valence electrons. The molecule has 0 aliphatic heterocycles. The first kappa shape index (κ1) is 13.9. The fourth-order valence-corrected chi connectivity index (χ4v) is 1.04. The van der Waals surface area contributed by atoms with Crippen LogP contribution in [-0.2, 0) is 4.79 Å². The predicted octanol–water partition coefficient (Wildman–Crippen LogP) is 0.783. The number of hydrogen-bond donors (Lipinski definition) is 4. The average molecular weight is 256 g/mol. The molecule has 0 radical (unpaired) electrons. The van der Waals surface area contributed by atoms with Gasteiger partial charge in [0, 0.05) is 5.69 Å². The summed E-state index contributed by atoms with van der Waals surface area (Å²) in [4.78, 5) is 21.9. The zero-order valence-electron chi connectivity index (χ0n) is 9.61. The maximum absolute atomic E-state index is 12.6. The minimum absolute atomic E-state index is 0.351. The van der Waals surface area contributed by atoms with Crippen LogP contribution >= 0.6 is 0 Å². The number of anilines is 1. The van der Waals surface area contributed by atoms with E-state index in [0.29, 0.717) is 5.69 Å².